The number of hydrogen-bond donors (Lipinski definition) is 0. The van der Waals surface area contributed by atoms with Crippen molar-refractivity contribution in [2.75, 3.05) is 0 Å². The lowest BCUT2D eigenvalue weighted by molar-refractivity contribution is 0.101. The molecule has 0 aliphatic carbocycles. The summed E-state index contributed by atoms with van der Waals surface area (Å²) < 4.78 is 0. The van der Waals surface area contributed by atoms with Crippen molar-refractivity contribution in [2.24, 2.45) is 0 Å². The summed E-state index contributed by atoms with van der Waals surface area (Å²) in [5.41, 5.74) is 4.69. The number of carbonyl (C=O) groups excluding carboxylic acids is 2. The van der Waals surface area contributed by atoms with Crippen LogP contribution in [0, 0.1) is 27.7 Å². The third kappa shape index (κ3) is 2.43. The summed E-state index contributed by atoms with van der Waals surface area (Å²) in [5, 5.41) is 1.15. The monoisotopic (exact) mass is 420 g/mol. The van der Waals surface area contributed by atoms with E-state index in [2.05, 4.69) is 0 Å². The Morgan fingerprint density at radius 3 is 1.38 bits per heavy atom. The molecular weight excluding hydrogens is 407 g/mol. The van der Waals surface area contributed by atoms with E-state index < -0.39 is 0 Å². The van der Waals surface area contributed by atoms with Crippen molar-refractivity contribution in [1.29, 1.82) is 0 Å². The van der Waals surface area contributed by atoms with E-state index in [-0.39, 0.29) is 11.6 Å². The van der Waals surface area contributed by atoms with Crippen LogP contribution in [0.25, 0.3) is 0 Å². The molecule has 0 saturated heterocycles. The first kappa shape index (κ1) is 18.2. The summed E-state index contributed by atoms with van der Waals surface area (Å²) in [6, 6.07) is 3.74. The highest BCUT2D eigenvalue weighted by Crippen LogP contribution is 2.53. The first-order valence-electron chi connectivity index (χ1n) is 8.01. The number of thioether (sulfide) groups is 2. The Kier molecular flexibility index (Phi) is 4.31. The molecular formula is C20H14Cl2O2S2. The van der Waals surface area contributed by atoms with Crippen molar-refractivity contribution in [3.63, 3.8) is 0 Å². The number of ketones is 2. The van der Waals surface area contributed by atoms with Gasteiger partial charge in [-0.15, -0.1) is 0 Å². The number of carbonyl (C=O) groups is 2. The Balaban J connectivity index is 1.91. The van der Waals surface area contributed by atoms with Gasteiger partial charge in [0.15, 0.2) is 0 Å². The van der Waals surface area contributed by atoms with E-state index >= 15 is 0 Å². The minimum Gasteiger partial charge on any atom is -0.288 e. The van der Waals surface area contributed by atoms with Gasteiger partial charge in [-0.2, -0.15) is 0 Å². The fourth-order valence-electron chi connectivity index (χ4n) is 3.33. The zero-order valence-corrected chi connectivity index (χ0v) is 17.7. The molecule has 26 heavy (non-hydrogen) atoms. The molecule has 2 aromatic rings. The molecule has 0 bridgehead atoms. The quantitative estimate of drug-likeness (QED) is 0.443. The fraction of sp³-hybridized carbons (Fsp3) is 0.200. The van der Waals surface area contributed by atoms with Crippen LogP contribution in [0.15, 0.2) is 31.7 Å². The molecule has 0 spiro atoms. The van der Waals surface area contributed by atoms with Crippen LogP contribution in [0.2, 0.25) is 10.0 Å². The highest BCUT2D eigenvalue weighted by molar-refractivity contribution is 8.08. The second-order valence-corrected chi connectivity index (χ2v) is 9.39. The molecule has 0 aromatic heterocycles. The topological polar surface area (TPSA) is 34.1 Å². The lowest BCUT2D eigenvalue weighted by Gasteiger charge is -2.06. The van der Waals surface area contributed by atoms with Gasteiger partial charge in [0.05, 0.1) is 9.81 Å². The molecule has 0 atom stereocenters. The van der Waals surface area contributed by atoms with Crippen LogP contribution in [-0.2, 0) is 0 Å². The van der Waals surface area contributed by atoms with E-state index in [1.807, 2.05) is 39.8 Å². The van der Waals surface area contributed by atoms with Crippen molar-refractivity contribution in [1.82, 2.24) is 0 Å². The lowest BCUT2D eigenvalue weighted by Crippen LogP contribution is -2.05. The molecule has 4 rings (SSSR count). The number of hydrogen-bond acceptors (Lipinski definition) is 4. The van der Waals surface area contributed by atoms with Gasteiger partial charge in [-0.05, 0) is 62.1 Å². The highest BCUT2D eigenvalue weighted by Gasteiger charge is 2.39. The first-order valence-corrected chi connectivity index (χ1v) is 10.4. The van der Waals surface area contributed by atoms with E-state index in [1.54, 1.807) is 0 Å². The summed E-state index contributed by atoms with van der Waals surface area (Å²) in [6.07, 6.45) is 0. The van der Waals surface area contributed by atoms with Gasteiger partial charge in [-0.3, -0.25) is 9.59 Å². The summed E-state index contributed by atoms with van der Waals surface area (Å²) in [6.45, 7) is 7.56. The number of aryl methyl sites for hydroxylation is 2. The average molecular weight is 421 g/mol. The van der Waals surface area contributed by atoms with E-state index in [1.165, 1.54) is 23.5 Å². The Labute approximate surface area is 170 Å². The summed E-state index contributed by atoms with van der Waals surface area (Å²) in [4.78, 5) is 29.0. The molecule has 2 aliphatic rings. The molecule has 0 unspecified atom stereocenters. The minimum absolute atomic E-state index is 0.113. The van der Waals surface area contributed by atoms with E-state index in [9.17, 15) is 9.59 Å². The Morgan fingerprint density at radius 1 is 0.692 bits per heavy atom. The zero-order chi connectivity index (χ0) is 18.9. The average Bonchev–Trinajstić information content (AvgIpc) is 3.09. The summed E-state index contributed by atoms with van der Waals surface area (Å²) in [5.74, 6) is -0.226. The predicted molar refractivity (Wildman–Crippen MR) is 109 cm³/mol. The zero-order valence-electron chi connectivity index (χ0n) is 14.5. The molecule has 0 radical (unpaired) electrons. The summed E-state index contributed by atoms with van der Waals surface area (Å²) in [7, 11) is 0. The van der Waals surface area contributed by atoms with Crippen molar-refractivity contribution >= 4 is 58.3 Å². The van der Waals surface area contributed by atoms with Gasteiger partial charge >= 0.3 is 0 Å². The van der Waals surface area contributed by atoms with Crippen molar-refractivity contribution in [2.45, 2.75) is 37.5 Å². The Morgan fingerprint density at radius 2 is 1.04 bits per heavy atom. The van der Waals surface area contributed by atoms with Crippen molar-refractivity contribution in [3.05, 3.63) is 65.4 Å². The lowest BCUT2D eigenvalue weighted by atomic mass is 9.99. The highest BCUT2D eigenvalue weighted by atomic mass is 35.5. The van der Waals surface area contributed by atoms with Gasteiger partial charge in [-0.1, -0.05) is 46.7 Å². The number of Topliss-reactive ketones (excluding diaryl/α,β-unsaturated/α-hetero) is 2. The third-order valence-corrected chi connectivity index (χ3v) is 8.37. The molecule has 132 valence electrons. The Hall–Kier alpha value is -1.20. The molecule has 0 amide bonds. The molecule has 0 fully saturated rings. The Bertz CT molecular complexity index is 999. The molecule has 2 nitrogen and oxygen atoms in total. The number of allylic oxidation sites excluding steroid dienone is 2. The fourth-order valence-corrected chi connectivity index (χ4v) is 6.40. The molecule has 2 aromatic carbocycles. The third-order valence-electron chi connectivity index (χ3n) is 4.80. The van der Waals surface area contributed by atoms with Crippen LogP contribution < -0.4 is 0 Å². The van der Waals surface area contributed by atoms with Crippen LogP contribution in [0.3, 0.4) is 0 Å². The maximum absolute atomic E-state index is 13.1. The van der Waals surface area contributed by atoms with Gasteiger partial charge < -0.3 is 0 Å². The largest absolute Gasteiger partial charge is 0.288 e. The van der Waals surface area contributed by atoms with Gasteiger partial charge in [0, 0.05) is 31.0 Å². The van der Waals surface area contributed by atoms with Crippen molar-refractivity contribution < 1.29 is 9.59 Å². The van der Waals surface area contributed by atoms with Crippen LogP contribution in [0.4, 0.5) is 0 Å². The molecule has 2 aliphatic heterocycles. The number of fused-ring (bicyclic) bond motifs is 2. The van der Waals surface area contributed by atoms with Crippen molar-refractivity contribution in [3.8, 4) is 0 Å². The number of benzene rings is 2. The summed E-state index contributed by atoms with van der Waals surface area (Å²) >= 11 is 15.3. The van der Waals surface area contributed by atoms with Crippen LogP contribution >= 0.6 is 46.7 Å². The molecule has 2 heterocycles. The van der Waals surface area contributed by atoms with E-state index in [0.717, 1.165) is 32.0 Å². The first-order chi connectivity index (χ1) is 12.2. The van der Waals surface area contributed by atoms with Crippen LogP contribution in [-0.4, -0.2) is 11.6 Å². The smallest absolute Gasteiger partial charge is 0.202 e. The SMILES string of the molecule is Cc1cc(Cl)c(C)c2c1S/C(=C1\Sc3c(C)cc(Cl)c(C)c3C1=O)C2=O. The minimum atomic E-state index is -0.113. The second kappa shape index (κ2) is 6.16. The van der Waals surface area contributed by atoms with Gasteiger partial charge in [0.25, 0.3) is 0 Å². The molecule has 0 saturated carbocycles. The number of halogens is 2. The predicted octanol–water partition coefficient (Wildman–Crippen LogP) is 6.72. The normalized spacial score (nSPS) is 18.5. The standard InChI is InChI=1S/C20H14Cl2O2S2/c1-7-5-11(21)9(3)13-15(23)19(25-17(7)13)20-16(24)14-10(4)12(22)6-8(2)18(14)26-20/h5-6H,1-4H3/b20-19-. The second-order valence-electron chi connectivity index (χ2n) is 6.53. The van der Waals surface area contributed by atoms with Crippen LogP contribution in [0.1, 0.15) is 43.0 Å². The molecule has 0 N–H and O–H groups in total. The maximum atomic E-state index is 13.1. The van der Waals surface area contributed by atoms with Crippen LogP contribution in [0.5, 0.6) is 0 Å². The van der Waals surface area contributed by atoms with E-state index in [4.69, 9.17) is 23.2 Å². The number of rotatable bonds is 0. The van der Waals surface area contributed by atoms with Gasteiger partial charge in [-0.25, -0.2) is 0 Å². The van der Waals surface area contributed by atoms with Gasteiger partial charge in [0.2, 0.25) is 11.6 Å². The van der Waals surface area contributed by atoms with E-state index in [0.29, 0.717) is 31.0 Å². The maximum Gasteiger partial charge on any atom is 0.202 e. The molecule has 6 heteroatoms. The van der Waals surface area contributed by atoms with Gasteiger partial charge in [0.1, 0.15) is 0 Å².